The van der Waals surface area contributed by atoms with Crippen molar-refractivity contribution < 1.29 is 32.7 Å². The van der Waals surface area contributed by atoms with Gasteiger partial charge < -0.3 is 6.92 Å². The van der Waals surface area contributed by atoms with E-state index in [0.29, 0.717) is 0 Å². The van der Waals surface area contributed by atoms with Gasteiger partial charge in [-0.3, -0.25) is 9.97 Å². The molecule has 2 nitrogen and oxygen atoms in total. The molecule has 0 atom stereocenters. The van der Waals surface area contributed by atoms with Crippen molar-refractivity contribution in [1.29, 1.82) is 0 Å². The van der Waals surface area contributed by atoms with Gasteiger partial charge in [0, 0.05) is 38.4 Å². The Balaban J connectivity index is 0.00000121. The zero-order valence-electron chi connectivity index (χ0n) is 7.89. The van der Waals surface area contributed by atoms with E-state index in [4.69, 9.17) is 0 Å². The maximum Gasteiger partial charge on any atom is 0.0588 e. The zero-order chi connectivity index (χ0) is 8.43. The van der Waals surface area contributed by atoms with Crippen molar-refractivity contribution in [2.24, 2.45) is 0 Å². The van der Waals surface area contributed by atoms with Crippen LogP contribution in [0.1, 0.15) is 22.8 Å². The molecule has 0 spiro atoms. The van der Waals surface area contributed by atoms with Crippen LogP contribution in [0, 0.1) is 27.7 Å². The minimum Gasteiger partial charge on any atom is -0.338 e. The molecule has 0 N–H and O–H groups in total. The van der Waals surface area contributed by atoms with Gasteiger partial charge in [0.25, 0.3) is 0 Å². The van der Waals surface area contributed by atoms with E-state index in [0.717, 1.165) is 29.2 Å². The fraction of sp³-hybridized carbons (Fsp3) is 0.444. The van der Waals surface area contributed by atoms with Crippen LogP contribution in [0.5, 0.6) is 0 Å². The van der Waals surface area contributed by atoms with Gasteiger partial charge in [-0.2, -0.15) is 0 Å². The van der Waals surface area contributed by atoms with E-state index in [-0.39, 0.29) is 32.7 Å². The predicted octanol–water partition coefficient (Wildman–Crippen LogP) is 1.78. The summed E-state index contributed by atoms with van der Waals surface area (Å²) in [6.07, 6.45) is 0.722. The Hall–Kier alpha value is 0.184. The standard InChI is InChI=1S/C9H13N2.Y/c1-5-9-8(4)10-6(2)7(3)11-9;/h1,5H2,2-4H3;/q-1;. The smallest absolute Gasteiger partial charge is 0.0588 e. The van der Waals surface area contributed by atoms with Gasteiger partial charge in [-0.1, -0.05) is 0 Å². The van der Waals surface area contributed by atoms with Gasteiger partial charge in [0.15, 0.2) is 0 Å². The number of hydrogen-bond donors (Lipinski definition) is 0. The van der Waals surface area contributed by atoms with Gasteiger partial charge in [-0.05, 0) is 20.8 Å². The Bertz CT molecular complexity index is 271. The summed E-state index contributed by atoms with van der Waals surface area (Å²) >= 11 is 0. The average molecular weight is 238 g/mol. The van der Waals surface area contributed by atoms with Gasteiger partial charge in [0.1, 0.15) is 0 Å². The molecule has 1 rings (SSSR count). The maximum absolute atomic E-state index is 4.37. The van der Waals surface area contributed by atoms with Crippen LogP contribution in [0.2, 0.25) is 0 Å². The first-order valence-corrected chi connectivity index (χ1v) is 3.75. The number of aromatic nitrogens is 2. The summed E-state index contributed by atoms with van der Waals surface area (Å²) in [5.41, 5.74) is 4.03. The molecule has 0 fully saturated rings. The second-order valence-electron chi connectivity index (χ2n) is 2.68. The van der Waals surface area contributed by atoms with Crippen molar-refractivity contribution in [3.05, 3.63) is 29.7 Å². The van der Waals surface area contributed by atoms with Crippen molar-refractivity contribution >= 4 is 0 Å². The van der Waals surface area contributed by atoms with Crippen LogP contribution in [0.3, 0.4) is 0 Å². The molecule has 1 aromatic rings. The number of aryl methyl sites for hydroxylation is 3. The molecular weight excluding hydrogens is 225 g/mol. The van der Waals surface area contributed by atoms with Crippen LogP contribution in [-0.2, 0) is 39.1 Å². The fourth-order valence-corrected chi connectivity index (χ4v) is 0.998. The maximum atomic E-state index is 4.37. The van der Waals surface area contributed by atoms with E-state index in [9.17, 15) is 0 Å². The molecule has 0 aliphatic carbocycles. The van der Waals surface area contributed by atoms with Crippen LogP contribution in [0.25, 0.3) is 0 Å². The van der Waals surface area contributed by atoms with E-state index in [2.05, 4.69) is 16.9 Å². The normalized spacial score (nSPS) is 9.33. The Kier molecular flexibility index (Phi) is 5.11. The summed E-state index contributed by atoms with van der Waals surface area (Å²) in [6, 6.07) is 0. The summed E-state index contributed by atoms with van der Waals surface area (Å²) in [4.78, 5) is 8.71. The molecule has 0 unspecified atom stereocenters. The van der Waals surface area contributed by atoms with Gasteiger partial charge in [0.05, 0.1) is 17.1 Å². The van der Waals surface area contributed by atoms with E-state index in [1.165, 1.54) is 0 Å². The number of hydrogen-bond acceptors (Lipinski definition) is 2. The van der Waals surface area contributed by atoms with Crippen LogP contribution < -0.4 is 0 Å². The quantitative estimate of drug-likeness (QED) is 0.697. The predicted molar refractivity (Wildman–Crippen MR) is 45.3 cm³/mol. The van der Waals surface area contributed by atoms with Gasteiger partial charge in [-0.25, -0.2) is 0 Å². The molecule has 0 aromatic carbocycles. The second-order valence-corrected chi connectivity index (χ2v) is 2.68. The van der Waals surface area contributed by atoms with E-state index < -0.39 is 0 Å². The Morgan fingerprint density at radius 2 is 1.50 bits per heavy atom. The third-order valence-corrected chi connectivity index (χ3v) is 1.82. The van der Waals surface area contributed by atoms with Crippen molar-refractivity contribution in [3.8, 4) is 0 Å². The van der Waals surface area contributed by atoms with Crippen molar-refractivity contribution in [1.82, 2.24) is 9.97 Å². The molecule has 12 heavy (non-hydrogen) atoms. The van der Waals surface area contributed by atoms with Crippen molar-refractivity contribution in [2.45, 2.75) is 27.2 Å². The minimum absolute atomic E-state index is 0. The molecule has 0 bridgehead atoms. The topological polar surface area (TPSA) is 25.8 Å². The third-order valence-electron chi connectivity index (χ3n) is 1.82. The Morgan fingerprint density at radius 3 is 2.00 bits per heavy atom. The summed E-state index contributed by atoms with van der Waals surface area (Å²) in [6.45, 7) is 9.70. The first-order chi connectivity index (χ1) is 5.15. The second kappa shape index (κ2) is 5.03. The summed E-state index contributed by atoms with van der Waals surface area (Å²) in [5.74, 6) is 0. The molecule has 0 aliphatic rings. The largest absolute Gasteiger partial charge is 0.338 e. The average Bonchev–Trinajstić information content (AvgIpc) is 1.97. The molecular formula is C9H13N2Y-. The third kappa shape index (κ3) is 2.60. The van der Waals surface area contributed by atoms with E-state index in [1.807, 2.05) is 20.8 Å². The SMILES string of the molecule is [CH2-]Cc1nc(C)c(C)nc1C.[Y]. The molecule has 0 saturated heterocycles. The molecule has 1 aromatic heterocycles. The van der Waals surface area contributed by atoms with Crippen LogP contribution in [-0.4, -0.2) is 9.97 Å². The molecule has 1 radical (unpaired) electrons. The van der Waals surface area contributed by atoms with E-state index in [1.54, 1.807) is 0 Å². The van der Waals surface area contributed by atoms with Crippen LogP contribution >= 0.6 is 0 Å². The first-order valence-electron chi connectivity index (χ1n) is 3.75. The molecule has 1 heterocycles. The zero-order valence-corrected chi connectivity index (χ0v) is 10.7. The van der Waals surface area contributed by atoms with Gasteiger partial charge >= 0.3 is 0 Å². The monoisotopic (exact) mass is 238 g/mol. The molecule has 0 aliphatic heterocycles. The van der Waals surface area contributed by atoms with Crippen molar-refractivity contribution in [3.63, 3.8) is 0 Å². The van der Waals surface area contributed by atoms with Gasteiger partial charge in [0.2, 0.25) is 0 Å². The molecule has 0 amide bonds. The van der Waals surface area contributed by atoms with E-state index >= 15 is 0 Å². The summed E-state index contributed by atoms with van der Waals surface area (Å²) in [7, 11) is 0. The summed E-state index contributed by atoms with van der Waals surface area (Å²) in [5, 5.41) is 0. The van der Waals surface area contributed by atoms with Crippen LogP contribution in [0.15, 0.2) is 0 Å². The molecule has 63 valence electrons. The Morgan fingerprint density at radius 1 is 1.00 bits per heavy atom. The minimum atomic E-state index is 0. The van der Waals surface area contributed by atoms with Gasteiger partial charge in [-0.15, -0.1) is 6.42 Å². The first kappa shape index (κ1) is 12.2. The molecule has 3 heteroatoms. The fourth-order valence-electron chi connectivity index (χ4n) is 0.998. The van der Waals surface area contributed by atoms with Crippen molar-refractivity contribution in [2.75, 3.05) is 0 Å². The summed E-state index contributed by atoms with van der Waals surface area (Å²) < 4.78 is 0. The molecule has 0 saturated carbocycles. The number of nitrogens with zero attached hydrogens (tertiary/aromatic N) is 2. The number of rotatable bonds is 1. The Labute approximate surface area is 99.1 Å². The van der Waals surface area contributed by atoms with Crippen LogP contribution in [0.4, 0.5) is 0 Å².